The lowest BCUT2D eigenvalue weighted by Crippen LogP contribution is -2.48. The number of hydrogen-bond acceptors (Lipinski definition) is 12. The first kappa shape index (κ1) is 44.0. The molecule has 306 valence electrons. The van der Waals surface area contributed by atoms with Gasteiger partial charge in [-0.3, -0.25) is 28.3 Å². The third-order valence-corrected chi connectivity index (χ3v) is 10.7. The van der Waals surface area contributed by atoms with Crippen molar-refractivity contribution in [2.24, 2.45) is 5.11 Å². The van der Waals surface area contributed by atoms with Crippen molar-refractivity contribution in [1.82, 2.24) is 19.1 Å². The summed E-state index contributed by atoms with van der Waals surface area (Å²) in [7, 11) is -5.43. The number of carbonyl (C=O) groups excluding carboxylic acids is 1. The second-order valence-electron chi connectivity index (χ2n) is 14.5. The Balaban J connectivity index is 1.35. The molecule has 4 heterocycles. The van der Waals surface area contributed by atoms with E-state index in [1.165, 1.54) is 83.2 Å². The standard InChI is InChI=1S/C35H55N8O11P/c1-3-4-5-6-7-8-9-10-11-12-13-14-15-16-29(45)37-28-17-18-42(33(47)38-28)31-20-27(54-55(49,50)51)35(23-44,53-31)21-26-25(40-41-36)19-30(52-26)43-22-24(2)32(46)39-34(43)48/h17-18,22,25-27,30-31,44H,3-16,19-21,23H2,1-2H3,(H,39,46,48)(H2,49,50,51)(H,37,38,45,47)/p-1. The molecule has 0 radical (unpaired) electrons. The first-order chi connectivity index (χ1) is 26.3. The van der Waals surface area contributed by atoms with Crippen molar-refractivity contribution in [3.8, 4) is 0 Å². The molecule has 2 aliphatic heterocycles. The van der Waals surface area contributed by atoms with Crippen LogP contribution in [0.1, 0.15) is 134 Å². The molecule has 7 atom stereocenters. The van der Waals surface area contributed by atoms with Gasteiger partial charge in [-0.15, -0.1) is 0 Å². The molecule has 0 spiro atoms. The molecule has 2 aliphatic rings. The average molecular weight is 794 g/mol. The van der Waals surface area contributed by atoms with Gasteiger partial charge in [-0.1, -0.05) is 89.1 Å². The van der Waals surface area contributed by atoms with E-state index in [1.807, 2.05) is 0 Å². The minimum atomic E-state index is -5.43. The van der Waals surface area contributed by atoms with Crippen molar-refractivity contribution in [2.45, 2.75) is 159 Å². The van der Waals surface area contributed by atoms with Gasteiger partial charge in [-0.2, -0.15) is 4.98 Å². The summed E-state index contributed by atoms with van der Waals surface area (Å²) in [6.45, 7) is 2.81. The van der Waals surface area contributed by atoms with Crippen molar-refractivity contribution in [2.75, 3.05) is 11.9 Å². The number of H-pyrrole nitrogens is 1. The first-order valence-electron chi connectivity index (χ1n) is 19.2. The maximum atomic E-state index is 13.2. The summed E-state index contributed by atoms with van der Waals surface area (Å²) in [5, 5.41) is 17.0. The summed E-state index contributed by atoms with van der Waals surface area (Å²) in [5.41, 5.74) is 5.28. The van der Waals surface area contributed by atoms with Gasteiger partial charge in [0.2, 0.25) is 5.91 Å². The number of rotatable bonds is 23. The summed E-state index contributed by atoms with van der Waals surface area (Å²) in [5.74, 6) is -0.287. The summed E-state index contributed by atoms with van der Waals surface area (Å²) < 4.78 is 31.2. The number of nitrogens with zero attached hydrogens (tertiary/aromatic N) is 6. The van der Waals surface area contributed by atoms with Crippen molar-refractivity contribution in [1.29, 1.82) is 0 Å². The highest BCUT2D eigenvalue weighted by Crippen LogP contribution is 2.49. The fourth-order valence-electron chi connectivity index (χ4n) is 7.25. The van der Waals surface area contributed by atoms with Gasteiger partial charge in [-0.05, 0) is 24.9 Å². The van der Waals surface area contributed by atoms with E-state index in [9.17, 15) is 44.2 Å². The van der Waals surface area contributed by atoms with Gasteiger partial charge < -0.3 is 34.2 Å². The van der Waals surface area contributed by atoms with E-state index in [2.05, 4.69) is 32.2 Å². The Morgan fingerprint density at radius 1 is 1.09 bits per heavy atom. The summed E-state index contributed by atoms with van der Waals surface area (Å²) in [6, 6.07) is 0.416. The lowest BCUT2D eigenvalue weighted by Gasteiger charge is -2.36. The molecule has 4 rings (SSSR count). The molecule has 0 saturated carbocycles. The van der Waals surface area contributed by atoms with E-state index >= 15 is 0 Å². The van der Waals surface area contributed by atoms with Crippen molar-refractivity contribution in [3.63, 3.8) is 0 Å². The number of anilines is 1. The number of hydrogen-bond donors (Lipinski definition) is 4. The first-order valence-corrected chi connectivity index (χ1v) is 20.7. The number of nitrogens with one attached hydrogen (secondary N) is 2. The molecule has 2 aromatic rings. The number of aryl methyl sites for hydroxylation is 1. The molecule has 2 aromatic heterocycles. The Hall–Kier alpha value is -3.67. The quantitative estimate of drug-likeness (QED) is 0.0401. The number of unbranched alkanes of at least 4 members (excludes halogenated alkanes) is 12. The third-order valence-electron chi connectivity index (χ3n) is 10.2. The topological polar surface area (TPSA) is 276 Å². The number of carbonyl (C=O) groups is 1. The Bertz CT molecular complexity index is 1840. The summed E-state index contributed by atoms with van der Waals surface area (Å²) in [6.07, 6.45) is 12.5. The van der Waals surface area contributed by atoms with Crippen molar-refractivity contribution < 1.29 is 38.3 Å². The SMILES string of the molecule is CCCCCCCCCCCCCCCC(=O)Nc1ccn(C2CC(OP(=O)([O-])O)C(CO)(CC3OC(n4cc(C)c(=O)[nH]c4=O)CC3N=[N+]=[N-])O2)c(=O)n1. The zero-order valence-corrected chi connectivity index (χ0v) is 32.4. The normalized spacial score (nSPS) is 24.7. The Morgan fingerprint density at radius 3 is 2.31 bits per heavy atom. The lowest BCUT2D eigenvalue weighted by molar-refractivity contribution is -0.232. The summed E-state index contributed by atoms with van der Waals surface area (Å²) >= 11 is 0. The molecule has 20 heteroatoms. The smallest absolute Gasteiger partial charge is 0.351 e. The average Bonchev–Trinajstić information content (AvgIpc) is 3.68. The molecule has 55 heavy (non-hydrogen) atoms. The van der Waals surface area contributed by atoms with Gasteiger partial charge in [0.05, 0.1) is 18.8 Å². The van der Waals surface area contributed by atoms with Crippen LogP contribution in [-0.4, -0.2) is 65.5 Å². The molecule has 4 N–H and O–H groups in total. The third kappa shape index (κ3) is 12.9. The van der Waals surface area contributed by atoms with Crippen LogP contribution in [0, 0.1) is 6.92 Å². The van der Waals surface area contributed by atoms with E-state index in [-0.39, 0.29) is 43.0 Å². The molecular weight excluding hydrogens is 739 g/mol. The summed E-state index contributed by atoms with van der Waals surface area (Å²) in [4.78, 5) is 80.7. The molecule has 0 bridgehead atoms. The van der Waals surface area contributed by atoms with Crippen LogP contribution in [0.15, 0.2) is 38.0 Å². The molecule has 0 aromatic carbocycles. The maximum Gasteiger partial charge on any atom is 0.351 e. The van der Waals surface area contributed by atoms with Crippen molar-refractivity contribution >= 4 is 19.5 Å². The fourth-order valence-corrected chi connectivity index (χ4v) is 7.85. The second kappa shape index (κ2) is 21.0. The molecule has 1 amide bonds. The number of ether oxygens (including phenoxy) is 2. The van der Waals surface area contributed by atoms with Crippen molar-refractivity contribution in [3.05, 3.63) is 65.8 Å². The zero-order chi connectivity index (χ0) is 40.0. The van der Waals surface area contributed by atoms with Crippen LogP contribution >= 0.6 is 7.82 Å². The predicted molar refractivity (Wildman–Crippen MR) is 199 cm³/mol. The highest BCUT2D eigenvalue weighted by molar-refractivity contribution is 7.44. The molecular formula is C35H54N8O11P-. The Morgan fingerprint density at radius 2 is 1.73 bits per heavy atom. The van der Waals surface area contributed by atoms with Gasteiger partial charge in [0.1, 0.15) is 30.0 Å². The molecule has 2 fully saturated rings. The number of aromatic amines is 1. The lowest BCUT2D eigenvalue weighted by atomic mass is 9.88. The van der Waals surface area contributed by atoms with Crippen LogP contribution in [0.3, 0.4) is 0 Å². The monoisotopic (exact) mass is 793 g/mol. The van der Waals surface area contributed by atoms with Crippen LogP contribution in [0.5, 0.6) is 0 Å². The van der Waals surface area contributed by atoms with Crippen LogP contribution in [-0.2, 0) is 23.4 Å². The Kier molecular flexibility index (Phi) is 16.8. The van der Waals surface area contributed by atoms with E-state index in [0.717, 1.165) is 28.4 Å². The maximum absolute atomic E-state index is 13.2. The van der Waals surface area contributed by atoms with E-state index in [1.54, 1.807) is 0 Å². The van der Waals surface area contributed by atoms with Crippen LogP contribution < -0.4 is 27.1 Å². The van der Waals surface area contributed by atoms with Crippen LogP contribution in [0.2, 0.25) is 0 Å². The number of phosphoric acid groups is 1. The molecule has 7 unspecified atom stereocenters. The number of aliphatic hydroxyl groups is 1. The number of azide groups is 1. The number of aliphatic hydroxyl groups excluding tert-OH is 1. The molecule has 0 aliphatic carbocycles. The minimum absolute atomic E-state index is 0.00919. The largest absolute Gasteiger partial charge is 0.756 e. The van der Waals surface area contributed by atoms with E-state index < -0.39 is 67.7 Å². The van der Waals surface area contributed by atoms with Crippen LogP contribution in [0.25, 0.3) is 10.4 Å². The van der Waals surface area contributed by atoms with E-state index in [0.29, 0.717) is 6.42 Å². The van der Waals surface area contributed by atoms with Gasteiger partial charge in [-0.25, -0.2) is 9.59 Å². The minimum Gasteiger partial charge on any atom is -0.756 e. The fraction of sp³-hybridized carbons (Fsp3) is 0.743. The van der Waals surface area contributed by atoms with E-state index in [4.69, 9.17) is 14.0 Å². The molecule has 19 nitrogen and oxygen atoms in total. The van der Waals surface area contributed by atoms with Gasteiger partial charge in [0.25, 0.3) is 13.4 Å². The number of phosphoric ester groups is 1. The zero-order valence-electron chi connectivity index (χ0n) is 31.5. The second-order valence-corrected chi connectivity index (χ2v) is 15.6. The van der Waals surface area contributed by atoms with Gasteiger partial charge in [0, 0.05) is 48.6 Å². The number of amides is 1. The van der Waals surface area contributed by atoms with Gasteiger partial charge in [0.15, 0.2) is 0 Å². The molecule has 2 saturated heterocycles. The van der Waals surface area contributed by atoms with Crippen LogP contribution in [0.4, 0.5) is 5.82 Å². The highest BCUT2D eigenvalue weighted by Gasteiger charge is 2.54. The Labute approximate surface area is 318 Å². The number of aromatic nitrogens is 4. The predicted octanol–water partition coefficient (Wildman–Crippen LogP) is 4.37. The van der Waals surface area contributed by atoms with Gasteiger partial charge >= 0.3 is 11.4 Å². The highest BCUT2D eigenvalue weighted by atomic mass is 31.2.